The molecule has 0 spiro atoms. The average molecular weight is 228 g/mol. The van der Waals surface area contributed by atoms with Crippen molar-refractivity contribution in [1.82, 2.24) is 4.90 Å². The Kier molecular flexibility index (Phi) is 4.24. The molecule has 1 aromatic carbocycles. The van der Waals surface area contributed by atoms with Gasteiger partial charge in [-0.05, 0) is 32.3 Å². The second-order valence-electron chi connectivity index (χ2n) is 3.93. The third-order valence-corrected chi connectivity index (χ3v) is 2.63. The molecule has 1 aromatic rings. The third kappa shape index (κ3) is 3.61. The van der Waals surface area contributed by atoms with Crippen LogP contribution < -0.4 is 10.6 Å². The second kappa shape index (κ2) is 5.24. The SMILES string of the molecule is CN(C)CCN(C)c1ccc(N)c(Cl)c1. The van der Waals surface area contributed by atoms with Crippen LogP contribution in [0, 0.1) is 0 Å². The fraction of sp³-hybridized carbons (Fsp3) is 0.455. The lowest BCUT2D eigenvalue weighted by Gasteiger charge is -2.21. The molecule has 15 heavy (non-hydrogen) atoms. The van der Waals surface area contributed by atoms with Crippen molar-refractivity contribution in [3.8, 4) is 0 Å². The number of nitrogens with two attached hydrogens (primary N) is 1. The molecule has 0 aliphatic rings. The first-order chi connectivity index (χ1) is 7.00. The molecule has 4 heteroatoms. The van der Waals surface area contributed by atoms with Gasteiger partial charge < -0.3 is 15.5 Å². The molecule has 0 aromatic heterocycles. The summed E-state index contributed by atoms with van der Waals surface area (Å²) in [4.78, 5) is 4.31. The van der Waals surface area contributed by atoms with Crippen LogP contribution in [0.15, 0.2) is 18.2 Å². The molecule has 0 radical (unpaired) electrons. The highest BCUT2D eigenvalue weighted by molar-refractivity contribution is 6.33. The van der Waals surface area contributed by atoms with Crippen molar-refractivity contribution in [1.29, 1.82) is 0 Å². The summed E-state index contributed by atoms with van der Waals surface area (Å²) in [7, 11) is 6.17. The molecule has 2 N–H and O–H groups in total. The lowest BCUT2D eigenvalue weighted by Crippen LogP contribution is -2.28. The van der Waals surface area contributed by atoms with Gasteiger partial charge in [0.2, 0.25) is 0 Å². The molecule has 0 aliphatic carbocycles. The standard InChI is InChI=1S/C11H18ClN3/c1-14(2)6-7-15(3)9-4-5-11(13)10(12)8-9/h4-5,8H,6-7,13H2,1-3H3. The average Bonchev–Trinajstić information content (AvgIpc) is 2.18. The summed E-state index contributed by atoms with van der Waals surface area (Å²) in [5, 5.41) is 0.615. The minimum absolute atomic E-state index is 0.615. The van der Waals surface area contributed by atoms with E-state index in [4.69, 9.17) is 17.3 Å². The lowest BCUT2D eigenvalue weighted by molar-refractivity contribution is 0.416. The number of nitrogen functional groups attached to an aromatic ring is 1. The Hall–Kier alpha value is -0.930. The Morgan fingerprint density at radius 1 is 1.20 bits per heavy atom. The third-order valence-electron chi connectivity index (χ3n) is 2.31. The van der Waals surface area contributed by atoms with Gasteiger partial charge in [-0.15, -0.1) is 0 Å². The van der Waals surface area contributed by atoms with Gasteiger partial charge in [0.15, 0.2) is 0 Å². The van der Waals surface area contributed by atoms with Crippen molar-refractivity contribution in [2.45, 2.75) is 0 Å². The maximum absolute atomic E-state index is 5.96. The van der Waals surface area contributed by atoms with Gasteiger partial charge >= 0.3 is 0 Å². The zero-order chi connectivity index (χ0) is 11.4. The highest BCUT2D eigenvalue weighted by Gasteiger charge is 2.03. The van der Waals surface area contributed by atoms with Crippen molar-refractivity contribution in [3.63, 3.8) is 0 Å². The molecule has 0 bridgehead atoms. The smallest absolute Gasteiger partial charge is 0.0656 e. The van der Waals surface area contributed by atoms with Crippen molar-refractivity contribution in [2.75, 3.05) is 44.9 Å². The molecule has 3 nitrogen and oxygen atoms in total. The second-order valence-corrected chi connectivity index (χ2v) is 4.34. The van der Waals surface area contributed by atoms with E-state index in [2.05, 4.69) is 23.9 Å². The summed E-state index contributed by atoms with van der Waals surface area (Å²) in [6, 6.07) is 5.72. The molecule has 1 rings (SSSR count). The van der Waals surface area contributed by atoms with Crippen molar-refractivity contribution in [3.05, 3.63) is 23.2 Å². The maximum Gasteiger partial charge on any atom is 0.0656 e. The van der Waals surface area contributed by atoms with Crippen LogP contribution in [0.2, 0.25) is 5.02 Å². The molecule has 0 saturated carbocycles. The van der Waals surface area contributed by atoms with Gasteiger partial charge in [-0.25, -0.2) is 0 Å². The summed E-state index contributed by atoms with van der Waals surface area (Å²) in [6.45, 7) is 1.98. The molecule has 0 heterocycles. The predicted octanol–water partition coefficient (Wildman–Crippen LogP) is 1.92. The van der Waals surface area contributed by atoms with E-state index in [0.29, 0.717) is 10.7 Å². The maximum atomic E-state index is 5.96. The van der Waals surface area contributed by atoms with E-state index in [-0.39, 0.29) is 0 Å². The van der Waals surface area contributed by atoms with Gasteiger partial charge in [-0.3, -0.25) is 0 Å². The zero-order valence-corrected chi connectivity index (χ0v) is 10.3. The van der Waals surface area contributed by atoms with E-state index < -0.39 is 0 Å². The molecule has 84 valence electrons. The Morgan fingerprint density at radius 2 is 1.87 bits per heavy atom. The Balaban J connectivity index is 2.65. The molecule has 0 atom stereocenters. The van der Waals surface area contributed by atoms with Crippen LogP contribution in [-0.2, 0) is 0 Å². The number of nitrogens with zero attached hydrogens (tertiary/aromatic N) is 2. The molecular formula is C11H18ClN3. The van der Waals surface area contributed by atoms with Gasteiger partial charge in [-0.1, -0.05) is 11.6 Å². The summed E-state index contributed by atoms with van der Waals surface area (Å²) in [5.41, 5.74) is 7.37. The fourth-order valence-corrected chi connectivity index (χ4v) is 1.41. The normalized spacial score (nSPS) is 10.7. The van der Waals surface area contributed by atoms with E-state index in [9.17, 15) is 0 Å². The number of likely N-dealkylation sites (N-methyl/N-ethyl adjacent to an activating group) is 2. The highest BCUT2D eigenvalue weighted by Crippen LogP contribution is 2.24. The summed E-state index contributed by atoms with van der Waals surface area (Å²) in [5.74, 6) is 0. The largest absolute Gasteiger partial charge is 0.398 e. The van der Waals surface area contributed by atoms with E-state index in [1.54, 1.807) is 0 Å². The van der Waals surface area contributed by atoms with Gasteiger partial charge in [0.1, 0.15) is 0 Å². The number of halogens is 1. The van der Waals surface area contributed by atoms with Gasteiger partial charge in [0.05, 0.1) is 10.7 Å². The molecule has 0 unspecified atom stereocenters. The Bertz CT molecular complexity index is 326. The fourth-order valence-electron chi connectivity index (χ4n) is 1.23. The van der Waals surface area contributed by atoms with E-state index >= 15 is 0 Å². The summed E-state index contributed by atoms with van der Waals surface area (Å²) in [6.07, 6.45) is 0. The first-order valence-electron chi connectivity index (χ1n) is 4.91. The van der Waals surface area contributed by atoms with Crippen molar-refractivity contribution in [2.24, 2.45) is 0 Å². The van der Waals surface area contributed by atoms with Gasteiger partial charge in [-0.2, -0.15) is 0 Å². The van der Waals surface area contributed by atoms with Crippen molar-refractivity contribution >= 4 is 23.0 Å². The van der Waals surface area contributed by atoms with Crippen LogP contribution >= 0.6 is 11.6 Å². The molecule has 0 saturated heterocycles. The minimum Gasteiger partial charge on any atom is -0.398 e. The first-order valence-corrected chi connectivity index (χ1v) is 5.29. The quantitative estimate of drug-likeness (QED) is 0.798. The van der Waals surface area contributed by atoms with Gasteiger partial charge in [0.25, 0.3) is 0 Å². The van der Waals surface area contributed by atoms with E-state index in [1.165, 1.54) is 0 Å². The van der Waals surface area contributed by atoms with Gasteiger partial charge in [0, 0.05) is 25.8 Å². The molecule has 0 amide bonds. The summed E-state index contributed by atoms with van der Waals surface area (Å²) >= 11 is 5.96. The van der Waals surface area contributed by atoms with E-state index in [0.717, 1.165) is 18.8 Å². The minimum atomic E-state index is 0.615. The Labute approximate surface area is 96.4 Å². The van der Waals surface area contributed by atoms with Crippen molar-refractivity contribution < 1.29 is 0 Å². The van der Waals surface area contributed by atoms with Crippen LogP contribution in [-0.4, -0.2) is 39.1 Å². The van der Waals surface area contributed by atoms with Crippen LogP contribution in [0.3, 0.4) is 0 Å². The van der Waals surface area contributed by atoms with Crippen LogP contribution in [0.4, 0.5) is 11.4 Å². The molecule has 0 aliphatic heterocycles. The summed E-state index contributed by atoms with van der Waals surface area (Å²) < 4.78 is 0. The first kappa shape index (κ1) is 12.1. The van der Waals surface area contributed by atoms with E-state index in [1.807, 2.05) is 25.2 Å². The van der Waals surface area contributed by atoms with Crippen LogP contribution in [0.25, 0.3) is 0 Å². The molecule has 0 fully saturated rings. The predicted molar refractivity (Wildman–Crippen MR) is 67.7 cm³/mol. The number of hydrogen-bond acceptors (Lipinski definition) is 3. The molecular weight excluding hydrogens is 210 g/mol. The lowest BCUT2D eigenvalue weighted by atomic mass is 10.2. The number of rotatable bonds is 4. The number of benzene rings is 1. The number of hydrogen-bond donors (Lipinski definition) is 1. The Morgan fingerprint density at radius 3 is 2.40 bits per heavy atom. The monoisotopic (exact) mass is 227 g/mol. The van der Waals surface area contributed by atoms with Crippen LogP contribution in [0.5, 0.6) is 0 Å². The number of anilines is 2. The zero-order valence-electron chi connectivity index (χ0n) is 9.50. The highest BCUT2D eigenvalue weighted by atomic mass is 35.5. The van der Waals surface area contributed by atoms with Crippen LogP contribution in [0.1, 0.15) is 0 Å². The topological polar surface area (TPSA) is 32.5 Å².